The minimum atomic E-state index is 0.0325. The molecule has 0 bridgehead atoms. The lowest BCUT2D eigenvalue weighted by atomic mass is 10.0. The van der Waals surface area contributed by atoms with Crippen LogP contribution in [-0.4, -0.2) is 24.2 Å². The minimum Gasteiger partial charge on any atom is -0.396 e. The fraction of sp³-hybridized carbons (Fsp3) is 0.533. The van der Waals surface area contributed by atoms with E-state index in [9.17, 15) is 4.79 Å². The van der Waals surface area contributed by atoms with Gasteiger partial charge in [-0.25, -0.2) is 0 Å². The van der Waals surface area contributed by atoms with Crippen LogP contribution >= 0.6 is 0 Å². The molecule has 0 heterocycles. The molecule has 4 nitrogen and oxygen atoms in total. The molecular formula is C15H22N2O2. The number of nitrogens with one attached hydrogen (secondary N) is 1. The SMILES string of the molecule is NCc1ccccc1CC(=O)NCC1(CCO)CC1. The molecular weight excluding hydrogens is 240 g/mol. The quantitative estimate of drug-likeness (QED) is 0.685. The average molecular weight is 262 g/mol. The van der Waals surface area contributed by atoms with E-state index >= 15 is 0 Å². The van der Waals surface area contributed by atoms with Crippen molar-refractivity contribution in [3.05, 3.63) is 35.4 Å². The van der Waals surface area contributed by atoms with Gasteiger partial charge in [0.2, 0.25) is 5.91 Å². The molecule has 104 valence electrons. The van der Waals surface area contributed by atoms with Gasteiger partial charge in [0.15, 0.2) is 0 Å². The van der Waals surface area contributed by atoms with Gasteiger partial charge in [-0.05, 0) is 35.8 Å². The highest BCUT2D eigenvalue weighted by Gasteiger charge is 2.41. The second kappa shape index (κ2) is 6.17. The Hall–Kier alpha value is -1.39. The van der Waals surface area contributed by atoms with Crippen molar-refractivity contribution < 1.29 is 9.90 Å². The number of hydrogen-bond donors (Lipinski definition) is 3. The fourth-order valence-electron chi connectivity index (χ4n) is 2.38. The van der Waals surface area contributed by atoms with Crippen LogP contribution in [0.15, 0.2) is 24.3 Å². The summed E-state index contributed by atoms with van der Waals surface area (Å²) in [5.41, 5.74) is 7.84. The first kappa shape index (κ1) is 14.0. The van der Waals surface area contributed by atoms with Gasteiger partial charge in [0.25, 0.3) is 0 Å². The van der Waals surface area contributed by atoms with E-state index in [4.69, 9.17) is 10.8 Å². The summed E-state index contributed by atoms with van der Waals surface area (Å²) in [6, 6.07) is 7.76. The van der Waals surface area contributed by atoms with Crippen LogP contribution in [0.5, 0.6) is 0 Å². The molecule has 1 aromatic carbocycles. The van der Waals surface area contributed by atoms with Crippen LogP contribution in [0.2, 0.25) is 0 Å². The molecule has 0 spiro atoms. The molecule has 1 fully saturated rings. The van der Waals surface area contributed by atoms with E-state index in [1.54, 1.807) is 0 Å². The van der Waals surface area contributed by atoms with Gasteiger partial charge < -0.3 is 16.2 Å². The van der Waals surface area contributed by atoms with Gasteiger partial charge in [0, 0.05) is 19.7 Å². The Labute approximate surface area is 114 Å². The van der Waals surface area contributed by atoms with E-state index in [0.717, 1.165) is 30.4 Å². The Morgan fingerprint density at radius 2 is 2.00 bits per heavy atom. The van der Waals surface area contributed by atoms with Gasteiger partial charge in [-0.15, -0.1) is 0 Å². The fourth-order valence-corrected chi connectivity index (χ4v) is 2.38. The monoisotopic (exact) mass is 262 g/mol. The third kappa shape index (κ3) is 3.78. The van der Waals surface area contributed by atoms with Crippen LogP contribution in [0.1, 0.15) is 30.4 Å². The van der Waals surface area contributed by atoms with E-state index in [1.807, 2.05) is 24.3 Å². The van der Waals surface area contributed by atoms with Crippen molar-refractivity contribution in [1.82, 2.24) is 5.32 Å². The van der Waals surface area contributed by atoms with Crippen LogP contribution in [0.3, 0.4) is 0 Å². The lowest BCUT2D eigenvalue weighted by Gasteiger charge is -2.15. The normalized spacial score (nSPS) is 16.1. The van der Waals surface area contributed by atoms with E-state index in [1.165, 1.54) is 0 Å². The highest BCUT2D eigenvalue weighted by molar-refractivity contribution is 5.79. The highest BCUT2D eigenvalue weighted by Crippen LogP contribution is 2.47. The zero-order valence-electron chi connectivity index (χ0n) is 11.2. The maximum absolute atomic E-state index is 11.9. The smallest absolute Gasteiger partial charge is 0.224 e. The van der Waals surface area contributed by atoms with E-state index in [0.29, 0.717) is 19.5 Å². The molecule has 0 radical (unpaired) electrons. The molecule has 1 saturated carbocycles. The van der Waals surface area contributed by atoms with Crippen molar-refractivity contribution in [2.45, 2.75) is 32.2 Å². The maximum Gasteiger partial charge on any atom is 0.224 e. The second-order valence-electron chi connectivity index (χ2n) is 5.40. The maximum atomic E-state index is 11.9. The van der Waals surface area contributed by atoms with Crippen molar-refractivity contribution >= 4 is 5.91 Å². The molecule has 4 heteroatoms. The Bertz CT molecular complexity index is 442. The third-order valence-electron chi connectivity index (χ3n) is 3.95. The summed E-state index contributed by atoms with van der Waals surface area (Å²) >= 11 is 0. The zero-order valence-corrected chi connectivity index (χ0v) is 11.2. The van der Waals surface area contributed by atoms with Crippen LogP contribution in [0.4, 0.5) is 0 Å². The topological polar surface area (TPSA) is 75.4 Å². The standard InChI is InChI=1S/C15H22N2O2/c16-10-13-4-2-1-3-12(13)9-14(19)17-11-15(5-6-15)7-8-18/h1-4,18H,5-11,16H2,(H,17,19). The van der Waals surface area contributed by atoms with Crippen LogP contribution in [-0.2, 0) is 17.8 Å². The molecule has 1 amide bonds. The van der Waals surface area contributed by atoms with Crippen LogP contribution in [0.25, 0.3) is 0 Å². The van der Waals surface area contributed by atoms with E-state index < -0.39 is 0 Å². The van der Waals surface area contributed by atoms with E-state index in [2.05, 4.69) is 5.32 Å². The summed E-state index contributed by atoms with van der Waals surface area (Å²) in [6.45, 7) is 1.33. The van der Waals surface area contributed by atoms with Crippen LogP contribution in [0, 0.1) is 5.41 Å². The Morgan fingerprint density at radius 1 is 1.32 bits per heavy atom. The van der Waals surface area contributed by atoms with Crippen LogP contribution < -0.4 is 11.1 Å². The van der Waals surface area contributed by atoms with Crippen molar-refractivity contribution in [2.75, 3.05) is 13.2 Å². The second-order valence-corrected chi connectivity index (χ2v) is 5.40. The number of aliphatic hydroxyl groups excluding tert-OH is 1. The van der Waals surface area contributed by atoms with Crippen molar-refractivity contribution in [1.29, 1.82) is 0 Å². The van der Waals surface area contributed by atoms with Gasteiger partial charge in [0.05, 0.1) is 6.42 Å². The first-order valence-corrected chi connectivity index (χ1v) is 6.83. The molecule has 1 aromatic rings. The highest BCUT2D eigenvalue weighted by atomic mass is 16.3. The number of nitrogens with two attached hydrogens (primary N) is 1. The molecule has 19 heavy (non-hydrogen) atoms. The predicted octanol–water partition coefficient (Wildman–Crippen LogP) is 0.967. The van der Waals surface area contributed by atoms with E-state index in [-0.39, 0.29) is 17.9 Å². The summed E-state index contributed by atoms with van der Waals surface area (Å²) in [6.07, 6.45) is 3.37. The molecule has 0 aliphatic heterocycles. The molecule has 4 N–H and O–H groups in total. The lowest BCUT2D eigenvalue weighted by molar-refractivity contribution is -0.120. The molecule has 0 unspecified atom stereocenters. The first-order chi connectivity index (χ1) is 9.19. The number of amides is 1. The number of aliphatic hydroxyl groups is 1. The summed E-state index contributed by atoms with van der Waals surface area (Å²) in [4.78, 5) is 11.9. The summed E-state index contributed by atoms with van der Waals surface area (Å²) in [5.74, 6) is 0.0325. The number of rotatable bonds is 7. The van der Waals surface area contributed by atoms with Gasteiger partial charge in [-0.3, -0.25) is 4.79 Å². The number of carbonyl (C=O) groups excluding carboxylic acids is 1. The largest absolute Gasteiger partial charge is 0.396 e. The minimum absolute atomic E-state index is 0.0325. The summed E-state index contributed by atoms with van der Waals surface area (Å²) < 4.78 is 0. The first-order valence-electron chi connectivity index (χ1n) is 6.83. The zero-order chi connectivity index (χ0) is 13.7. The summed E-state index contributed by atoms with van der Waals surface area (Å²) in [5, 5.41) is 12.0. The Balaban J connectivity index is 1.84. The Kier molecular flexibility index (Phi) is 4.56. The number of benzene rings is 1. The molecule has 1 aliphatic rings. The van der Waals surface area contributed by atoms with Crippen molar-refractivity contribution in [2.24, 2.45) is 11.1 Å². The van der Waals surface area contributed by atoms with Gasteiger partial charge >= 0.3 is 0 Å². The van der Waals surface area contributed by atoms with Crippen molar-refractivity contribution in [3.63, 3.8) is 0 Å². The number of hydrogen-bond acceptors (Lipinski definition) is 3. The van der Waals surface area contributed by atoms with Gasteiger partial charge in [0.1, 0.15) is 0 Å². The molecule has 2 rings (SSSR count). The molecule has 0 saturated heterocycles. The summed E-state index contributed by atoms with van der Waals surface area (Å²) in [7, 11) is 0. The molecule has 0 aromatic heterocycles. The predicted molar refractivity (Wildman–Crippen MR) is 74.4 cm³/mol. The Morgan fingerprint density at radius 3 is 2.58 bits per heavy atom. The van der Waals surface area contributed by atoms with Gasteiger partial charge in [-0.2, -0.15) is 0 Å². The lowest BCUT2D eigenvalue weighted by Crippen LogP contribution is -2.32. The molecule has 1 aliphatic carbocycles. The van der Waals surface area contributed by atoms with Gasteiger partial charge in [-0.1, -0.05) is 24.3 Å². The van der Waals surface area contributed by atoms with Crippen molar-refractivity contribution in [3.8, 4) is 0 Å². The third-order valence-corrected chi connectivity index (χ3v) is 3.95. The molecule has 0 atom stereocenters. The average Bonchev–Trinajstić information content (AvgIpc) is 3.18. The number of carbonyl (C=O) groups is 1.